The van der Waals surface area contributed by atoms with Crippen LogP contribution in [-0.2, 0) is 14.3 Å². The molecule has 9 heavy (non-hydrogen) atoms. The fourth-order valence-electron chi connectivity index (χ4n) is 0.754. The van der Waals surface area contributed by atoms with Crippen molar-refractivity contribution >= 4 is 12.4 Å². The zero-order valence-corrected chi connectivity index (χ0v) is 4.79. The van der Waals surface area contributed by atoms with Gasteiger partial charge in [0.05, 0.1) is 13.0 Å². The number of nitrogens with one attached hydrogen (secondary N) is 1. The largest absolute Gasteiger partial charge is 0.462 e. The molecule has 4 heteroatoms. The van der Waals surface area contributed by atoms with Crippen LogP contribution in [0, 0.1) is 0 Å². The first-order valence-electron chi connectivity index (χ1n) is 2.68. The van der Waals surface area contributed by atoms with Gasteiger partial charge < -0.3 is 10.1 Å². The van der Waals surface area contributed by atoms with Gasteiger partial charge in [-0.25, -0.2) is 0 Å². The minimum atomic E-state index is -0.241. The first kappa shape index (κ1) is 6.07. The van der Waals surface area contributed by atoms with Crippen molar-refractivity contribution < 1.29 is 14.3 Å². The summed E-state index contributed by atoms with van der Waals surface area (Å²) in [7, 11) is 0. The molecule has 0 aromatic carbocycles. The molecule has 0 saturated carbocycles. The molecule has 0 bridgehead atoms. The Morgan fingerprint density at radius 1 is 1.78 bits per heavy atom. The van der Waals surface area contributed by atoms with Gasteiger partial charge in [0.15, 0.2) is 0 Å². The van der Waals surface area contributed by atoms with E-state index < -0.39 is 0 Å². The van der Waals surface area contributed by atoms with Crippen LogP contribution in [0.3, 0.4) is 0 Å². The summed E-state index contributed by atoms with van der Waals surface area (Å²) in [6.45, 7) is 0.822. The van der Waals surface area contributed by atoms with Gasteiger partial charge in [-0.2, -0.15) is 0 Å². The van der Waals surface area contributed by atoms with Crippen LogP contribution in [0.15, 0.2) is 0 Å². The SMILES string of the molecule is O=CO[C@H]1CNC(=O)C1. The van der Waals surface area contributed by atoms with Crippen LogP contribution in [0.2, 0.25) is 0 Å². The first-order valence-corrected chi connectivity index (χ1v) is 2.68. The van der Waals surface area contributed by atoms with Crippen LogP contribution < -0.4 is 5.32 Å². The molecule has 1 saturated heterocycles. The smallest absolute Gasteiger partial charge is 0.293 e. The molecule has 0 aromatic rings. The van der Waals surface area contributed by atoms with E-state index in [1.807, 2.05) is 0 Å². The molecule has 1 fully saturated rings. The van der Waals surface area contributed by atoms with Crippen LogP contribution in [0.5, 0.6) is 0 Å². The summed E-state index contributed by atoms with van der Waals surface area (Å²) in [6.07, 6.45) is 0.0636. The van der Waals surface area contributed by atoms with Gasteiger partial charge in [0.1, 0.15) is 6.10 Å². The van der Waals surface area contributed by atoms with Crippen molar-refractivity contribution in [1.29, 1.82) is 0 Å². The lowest BCUT2D eigenvalue weighted by atomic mass is 10.3. The lowest BCUT2D eigenvalue weighted by Gasteiger charge is -2.00. The Labute approximate surface area is 52.2 Å². The summed E-state index contributed by atoms with van der Waals surface area (Å²) in [5.74, 6) is -0.0538. The quantitative estimate of drug-likeness (QED) is 0.489. The Morgan fingerprint density at radius 2 is 2.56 bits per heavy atom. The van der Waals surface area contributed by atoms with E-state index in [1.54, 1.807) is 0 Å². The summed E-state index contributed by atoms with van der Waals surface area (Å²) < 4.78 is 4.51. The highest BCUT2D eigenvalue weighted by Crippen LogP contribution is 2.01. The molecule has 1 aliphatic heterocycles. The number of rotatable bonds is 2. The standard InChI is InChI=1S/C5H7NO3/c7-3-9-4-1-5(8)6-2-4/h3-4H,1-2H2,(H,6,8)/t4-/m1/s1. The monoisotopic (exact) mass is 129 g/mol. The summed E-state index contributed by atoms with van der Waals surface area (Å²) in [4.78, 5) is 20.1. The van der Waals surface area contributed by atoms with Crippen LogP contribution in [0.1, 0.15) is 6.42 Å². The second-order valence-corrected chi connectivity index (χ2v) is 1.86. The average molecular weight is 129 g/mol. The number of amides is 1. The van der Waals surface area contributed by atoms with Crippen molar-refractivity contribution in [3.8, 4) is 0 Å². The van der Waals surface area contributed by atoms with E-state index in [-0.39, 0.29) is 12.0 Å². The average Bonchev–Trinajstić information content (AvgIpc) is 2.17. The van der Waals surface area contributed by atoms with Crippen LogP contribution in [0.4, 0.5) is 0 Å². The minimum absolute atomic E-state index is 0.0538. The van der Waals surface area contributed by atoms with Gasteiger partial charge in [0.25, 0.3) is 6.47 Å². The second kappa shape index (κ2) is 2.48. The number of hydrogen-bond acceptors (Lipinski definition) is 3. The third-order valence-corrected chi connectivity index (χ3v) is 1.19. The Morgan fingerprint density at radius 3 is 3.00 bits per heavy atom. The number of carbonyl (C=O) groups excluding carboxylic acids is 2. The zero-order chi connectivity index (χ0) is 6.69. The fraction of sp³-hybridized carbons (Fsp3) is 0.600. The Kier molecular flexibility index (Phi) is 1.67. The van der Waals surface area contributed by atoms with Crippen molar-refractivity contribution in [3.05, 3.63) is 0 Å². The molecule has 1 rings (SSSR count). The van der Waals surface area contributed by atoms with Crippen molar-refractivity contribution in [2.75, 3.05) is 6.54 Å². The van der Waals surface area contributed by atoms with E-state index in [9.17, 15) is 9.59 Å². The molecule has 1 N–H and O–H groups in total. The van der Waals surface area contributed by atoms with Crippen molar-refractivity contribution in [1.82, 2.24) is 5.32 Å². The van der Waals surface area contributed by atoms with Crippen molar-refractivity contribution in [3.63, 3.8) is 0 Å². The van der Waals surface area contributed by atoms with Gasteiger partial charge >= 0.3 is 0 Å². The third kappa shape index (κ3) is 1.42. The maximum absolute atomic E-state index is 10.4. The number of ether oxygens (including phenoxy) is 1. The molecule has 0 unspecified atom stereocenters. The van der Waals surface area contributed by atoms with Crippen LogP contribution >= 0.6 is 0 Å². The predicted molar refractivity (Wildman–Crippen MR) is 28.6 cm³/mol. The highest BCUT2D eigenvalue weighted by atomic mass is 16.5. The van der Waals surface area contributed by atoms with Gasteiger partial charge in [-0.15, -0.1) is 0 Å². The highest BCUT2D eigenvalue weighted by Gasteiger charge is 2.21. The van der Waals surface area contributed by atoms with E-state index in [0.717, 1.165) is 0 Å². The maximum atomic E-state index is 10.4. The Hall–Kier alpha value is -1.06. The highest BCUT2D eigenvalue weighted by molar-refractivity contribution is 5.78. The molecule has 1 amide bonds. The van der Waals surface area contributed by atoms with E-state index >= 15 is 0 Å². The Bertz CT molecular complexity index is 134. The number of carbonyl (C=O) groups is 2. The predicted octanol–water partition coefficient (Wildman–Crippen LogP) is -0.952. The van der Waals surface area contributed by atoms with E-state index in [0.29, 0.717) is 19.4 Å². The zero-order valence-electron chi connectivity index (χ0n) is 4.79. The molecular formula is C5H7NO3. The molecule has 50 valence electrons. The topological polar surface area (TPSA) is 55.4 Å². The summed E-state index contributed by atoms with van der Waals surface area (Å²) >= 11 is 0. The minimum Gasteiger partial charge on any atom is -0.462 e. The molecule has 1 aliphatic rings. The van der Waals surface area contributed by atoms with Gasteiger partial charge in [0.2, 0.25) is 5.91 Å². The van der Waals surface area contributed by atoms with Gasteiger partial charge in [-0.3, -0.25) is 9.59 Å². The Balaban J connectivity index is 2.29. The molecule has 1 atom stereocenters. The van der Waals surface area contributed by atoms with E-state index in [1.165, 1.54) is 0 Å². The summed E-state index contributed by atoms with van der Waals surface area (Å²) in [5, 5.41) is 2.53. The van der Waals surface area contributed by atoms with E-state index in [4.69, 9.17) is 0 Å². The molecule has 0 aliphatic carbocycles. The molecule has 0 aromatic heterocycles. The van der Waals surface area contributed by atoms with Crippen LogP contribution in [0.25, 0.3) is 0 Å². The summed E-state index contributed by atoms with van der Waals surface area (Å²) in [5.41, 5.74) is 0. The second-order valence-electron chi connectivity index (χ2n) is 1.86. The third-order valence-electron chi connectivity index (χ3n) is 1.19. The van der Waals surface area contributed by atoms with Gasteiger partial charge in [-0.1, -0.05) is 0 Å². The molecule has 0 spiro atoms. The van der Waals surface area contributed by atoms with Crippen LogP contribution in [-0.4, -0.2) is 25.0 Å². The normalized spacial score (nSPS) is 25.3. The number of hydrogen-bond donors (Lipinski definition) is 1. The molecular weight excluding hydrogens is 122 g/mol. The molecule has 0 radical (unpaired) electrons. The van der Waals surface area contributed by atoms with Crippen molar-refractivity contribution in [2.45, 2.75) is 12.5 Å². The van der Waals surface area contributed by atoms with Gasteiger partial charge in [0, 0.05) is 0 Å². The maximum Gasteiger partial charge on any atom is 0.293 e. The lowest BCUT2D eigenvalue weighted by Crippen LogP contribution is -2.17. The summed E-state index contributed by atoms with van der Waals surface area (Å²) in [6, 6.07) is 0. The molecule has 4 nitrogen and oxygen atoms in total. The lowest BCUT2D eigenvalue weighted by molar-refractivity contribution is -0.133. The first-order chi connectivity index (χ1) is 4.33. The fourth-order valence-corrected chi connectivity index (χ4v) is 0.754. The van der Waals surface area contributed by atoms with E-state index in [2.05, 4.69) is 10.1 Å². The molecule has 1 heterocycles. The van der Waals surface area contributed by atoms with Crippen molar-refractivity contribution in [2.24, 2.45) is 0 Å². The van der Waals surface area contributed by atoms with Gasteiger partial charge in [-0.05, 0) is 0 Å².